The largest absolute Gasteiger partial charge is 0.453 e. The third-order valence-electron chi connectivity index (χ3n) is 2.95. The number of carbonyl (C=O) groups is 2. The Kier molecular flexibility index (Phi) is 5.92. The molecule has 0 heterocycles. The number of nitrogens with one attached hydrogen (secondary N) is 2. The minimum atomic E-state index is -0.806. The van der Waals surface area contributed by atoms with Gasteiger partial charge in [0.05, 0.1) is 12.8 Å². The molecule has 0 radical (unpaired) electrons. The van der Waals surface area contributed by atoms with E-state index in [9.17, 15) is 14.0 Å². The van der Waals surface area contributed by atoms with E-state index in [0.717, 1.165) is 11.6 Å². The SMILES string of the molecule is COC(=O)Nc1cc(NC(=O)/C=C/c2ccc(Cl)cc2)ccc1F. The lowest BCUT2D eigenvalue weighted by atomic mass is 10.2. The van der Waals surface area contributed by atoms with Crippen molar-refractivity contribution < 1.29 is 18.7 Å². The molecule has 2 N–H and O–H groups in total. The fourth-order valence-electron chi connectivity index (χ4n) is 1.79. The highest BCUT2D eigenvalue weighted by atomic mass is 35.5. The maximum Gasteiger partial charge on any atom is 0.411 e. The van der Waals surface area contributed by atoms with Gasteiger partial charge in [-0.15, -0.1) is 0 Å². The molecule has 0 fully saturated rings. The van der Waals surface area contributed by atoms with Gasteiger partial charge in [-0.25, -0.2) is 9.18 Å². The van der Waals surface area contributed by atoms with Gasteiger partial charge in [0.2, 0.25) is 5.91 Å². The van der Waals surface area contributed by atoms with E-state index >= 15 is 0 Å². The zero-order valence-electron chi connectivity index (χ0n) is 12.7. The molecule has 0 unspecified atom stereocenters. The highest BCUT2D eigenvalue weighted by Gasteiger charge is 2.08. The van der Waals surface area contributed by atoms with Gasteiger partial charge in [-0.1, -0.05) is 23.7 Å². The molecule has 0 aliphatic heterocycles. The minimum Gasteiger partial charge on any atom is -0.453 e. The number of methoxy groups -OCH3 is 1. The monoisotopic (exact) mass is 348 g/mol. The summed E-state index contributed by atoms with van der Waals surface area (Å²) in [4.78, 5) is 23.0. The molecule has 0 saturated heterocycles. The number of ether oxygens (including phenoxy) is 1. The van der Waals surface area contributed by atoms with E-state index in [1.54, 1.807) is 30.3 Å². The van der Waals surface area contributed by atoms with Crippen molar-refractivity contribution in [2.75, 3.05) is 17.7 Å². The van der Waals surface area contributed by atoms with E-state index in [1.165, 1.54) is 25.3 Å². The first kappa shape index (κ1) is 17.5. The number of rotatable bonds is 4. The van der Waals surface area contributed by atoms with Gasteiger partial charge >= 0.3 is 6.09 Å². The smallest absolute Gasteiger partial charge is 0.411 e. The summed E-state index contributed by atoms with van der Waals surface area (Å²) in [6.45, 7) is 0. The second kappa shape index (κ2) is 8.12. The maximum atomic E-state index is 13.6. The number of amides is 2. The Balaban J connectivity index is 2.04. The summed E-state index contributed by atoms with van der Waals surface area (Å²) in [6.07, 6.45) is 2.14. The summed E-state index contributed by atoms with van der Waals surface area (Å²) in [5.74, 6) is -1.05. The van der Waals surface area contributed by atoms with Crippen molar-refractivity contribution in [1.82, 2.24) is 0 Å². The highest BCUT2D eigenvalue weighted by Crippen LogP contribution is 2.20. The van der Waals surface area contributed by atoms with Gasteiger partial charge in [-0.3, -0.25) is 10.1 Å². The van der Waals surface area contributed by atoms with Crippen LogP contribution in [-0.2, 0) is 9.53 Å². The van der Waals surface area contributed by atoms with Crippen molar-refractivity contribution in [1.29, 1.82) is 0 Å². The fraction of sp³-hybridized carbons (Fsp3) is 0.0588. The molecule has 0 saturated carbocycles. The lowest BCUT2D eigenvalue weighted by Crippen LogP contribution is -2.13. The summed E-state index contributed by atoms with van der Waals surface area (Å²) in [5.41, 5.74) is 1.04. The summed E-state index contributed by atoms with van der Waals surface area (Å²) in [6, 6.07) is 10.8. The molecule has 0 aliphatic rings. The van der Waals surface area contributed by atoms with E-state index in [2.05, 4.69) is 15.4 Å². The molecule has 2 rings (SSSR count). The quantitative estimate of drug-likeness (QED) is 0.809. The fourth-order valence-corrected chi connectivity index (χ4v) is 1.92. The number of hydrogen-bond donors (Lipinski definition) is 2. The highest BCUT2D eigenvalue weighted by molar-refractivity contribution is 6.30. The van der Waals surface area contributed by atoms with Crippen LogP contribution in [0.5, 0.6) is 0 Å². The molecule has 2 aromatic carbocycles. The molecular weight excluding hydrogens is 335 g/mol. The molecule has 0 aliphatic carbocycles. The van der Waals surface area contributed by atoms with Gasteiger partial charge in [-0.2, -0.15) is 0 Å². The van der Waals surface area contributed by atoms with E-state index in [0.29, 0.717) is 10.7 Å². The van der Waals surface area contributed by atoms with Crippen molar-refractivity contribution in [2.45, 2.75) is 0 Å². The van der Waals surface area contributed by atoms with Gasteiger partial charge in [0.25, 0.3) is 0 Å². The second-order valence-electron chi connectivity index (χ2n) is 4.69. The van der Waals surface area contributed by atoms with Crippen molar-refractivity contribution in [3.63, 3.8) is 0 Å². The van der Waals surface area contributed by atoms with Gasteiger partial charge in [0.1, 0.15) is 5.82 Å². The maximum absolute atomic E-state index is 13.6. The molecule has 7 heteroatoms. The Morgan fingerprint density at radius 3 is 2.50 bits per heavy atom. The van der Waals surface area contributed by atoms with Crippen LogP contribution in [0.4, 0.5) is 20.6 Å². The third kappa shape index (κ3) is 5.10. The Morgan fingerprint density at radius 1 is 1.12 bits per heavy atom. The molecule has 0 spiro atoms. The van der Waals surface area contributed by atoms with Crippen molar-refractivity contribution in [3.05, 3.63) is 64.9 Å². The first-order chi connectivity index (χ1) is 11.5. The van der Waals surface area contributed by atoms with Crippen LogP contribution in [0, 0.1) is 5.82 Å². The van der Waals surface area contributed by atoms with Crippen LogP contribution < -0.4 is 10.6 Å². The van der Waals surface area contributed by atoms with Crippen molar-refractivity contribution >= 4 is 41.1 Å². The standard InChI is InChI=1S/C17H14ClFN2O3/c1-24-17(23)21-15-10-13(7-8-14(15)19)20-16(22)9-4-11-2-5-12(18)6-3-11/h2-10H,1H3,(H,20,22)(H,21,23)/b9-4+. The average Bonchev–Trinajstić information content (AvgIpc) is 2.57. The Hall–Kier alpha value is -2.86. The molecule has 0 bridgehead atoms. The summed E-state index contributed by atoms with van der Waals surface area (Å²) in [5, 5.41) is 5.40. The molecule has 0 aromatic heterocycles. The zero-order chi connectivity index (χ0) is 17.5. The Bertz CT molecular complexity index is 776. The van der Waals surface area contributed by atoms with Gasteiger partial charge in [-0.05, 0) is 42.0 Å². The van der Waals surface area contributed by atoms with Crippen LogP contribution in [0.25, 0.3) is 6.08 Å². The Morgan fingerprint density at radius 2 is 1.83 bits per heavy atom. The number of halogens is 2. The molecular formula is C17H14ClFN2O3. The number of benzene rings is 2. The summed E-state index contributed by atoms with van der Waals surface area (Å²) >= 11 is 5.78. The van der Waals surface area contributed by atoms with Crippen molar-refractivity contribution in [3.8, 4) is 0 Å². The number of hydrogen-bond acceptors (Lipinski definition) is 3. The van der Waals surface area contributed by atoms with Gasteiger partial charge in [0.15, 0.2) is 0 Å². The first-order valence-electron chi connectivity index (χ1n) is 6.87. The summed E-state index contributed by atoms with van der Waals surface area (Å²) in [7, 11) is 1.17. The molecule has 5 nitrogen and oxygen atoms in total. The van der Waals surface area contributed by atoms with Crippen LogP contribution in [0.15, 0.2) is 48.5 Å². The molecule has 24 heavy (non-hydrogen) atoms. The number of carbonyl (C=O) groups excluding carboxylic acids is 2. The van der Waals surface area contributed by atoms with Crippen molar-refractivity contribution in [2.24, 2.45) is 0 Å². The predicted octanol–water partition coefficient (Wildman–Crippen LogP) is 4.31. The van der Waals surface area contributed by atoms with E-state index in [1.807, 2.05) is 0 Å². The summed E-state index contributed by atoms with van der Waals surface area (Å²) < 4.78 is 18.0. The Labute approximate surface area is 143 Å². The van der Waals surface area contributed by atoms with Gasteiger partial charge in [0, 0.05) is 16.8 Å². The zero-order valence-corrected chi connectivity index (χ0v) is 13.4. The van der Waals surface area contributed by atoms with Crippen LogP contribution in [0.2, 0.25) is 5.02 Å². The molecule has 2 aromatic rings. The average molecular weight is 349 g/mol. The number of anilines is 2. The molecule has 2 amide bonds. The lowest BCUT2D eigenvalue weighted by molar-refractivity contribution is -0.111. The minimum absolute atomic E-state index is 0.0960. The second-order valence-corrected chi connectivity index (χ2v) is 5.12. The molecule has 124 valence electrons. The van der Waals surface area contributed by atoms with Crippen LogP contribution in [0.3, 0.4) is 0 Å². The first-order valence-corrected chi connectivity index (χ1v) is 7.25. The van der Waals surface area contributed by atoms with E-state index in [-0.39, 0.29) is 5.69 Å². The topological polar surface area (TPSA) is 67.4 Å². The van der Waals surface area contributed by atoms with Crippen LogP contribution in [-0.4, -0.2) is 19.1 Å². The van der Waals surface area contributed by atoms with Gasteiger partial charge < -0.3 is 10.1 Å². The van der Waals surface area contributed by atoms with Crippen LogP contribution in [0.1, 0.15) is 5.56 Å². The predicted molar refractivity (Wildman–Crippen MR) is 91.5 cm³/mol. The van der Waals surface area contributed by atoms with E-state index < -0.39 is 17.8 Å². The normalized spacial score (nSPS) is 10.5. The third-order valence-corrected chi connectivity index (χ3v) is 3.21. The lowest BCUT2D eigenvalue weighted by Gasteiger charge is -2.08. The van der Waals surface area contributed by atoms with E-state index in [4.69, 9.17) is 11.6 Å². The molecule has 0 atom stereocenters. The van der Waals surface area contributed by atoms with Crippen LogP contribution >= 0.6 is 11.6 Å².